The van der Waals surface area contributed by atoms with Gasteiger partial charge in [-0.1, -0.05) is 24.2 Å². The largest absolute Gasteiger partial charge is 0.322 e. The summed E-state index contributed by atoms with van der Waals surface area (Å²) in [5.74, 6) is 0. The second-order valence-corrected chi connectivity index (χ2v) is 4.47. The van der Waals surface area contributed by atoms with Crippen molar-refractivity contribution in [2.24, 2.45) is 0 Å². The summed E-state index contributed by atoms with van der Waals surface area (Å²) in [5, 5.41) is 1.81. The molecule has 0 atom stereocenters. The molecule has 0 aliphatic rings. The van der Waals surface area contributed by atoms with Gasteiger partial charge in [0.1, 0.15) is 14.6 Å². The van der Waals surface area contributed by atoms with Gasteiger partial charge in [0.2, 0.25) is 0 Å². The molecule has 0 amide bonds. The summed E-state index contributed by atoms with van der Waals surface area (Å²) in [7, 11) is 0. The minimum absolute atomic E-state index is 0.774. The first-order chi connectivity index (χ1) is 6.81. The number of pyridine rings is 1. The van der Waals surface area contributed by atoms with Crippen molar-refractivity contribution in [3.05, 3.63) is 29.1 Å². The van der Waals surface area contributed by atoms with Gasteiger partial charge in [-0.05, 0) is 28.1 Å². The Morgan fingerprint density at radius 1 is 1.50 bits per heavy atom. The summed E-state index contributed by atoms with van der Waals surface area (Å²) >= 11 is 8.85. The van der Waals surface area contributed by atoms with E-state index < -0.39 is 0 Å². The smallest absolute Gasteiger partial charge is 0.142 e. The molecule has 2 heterocycles. The van der Waals surface area contributed by atoms with Crippen molar-refractivity contribution in [1.82, 2.24) is 9.97 Å². The highest BCUT2D eigenvalue weighted by Gasteiger charge is 2.08. The minimum atomic E-state index is 0.774. The van der Waals surface area contributed by atoms with Gasteiger partial charge in [-0.2, -0.15) is 0 Å². The first-order valence-corrected chi connectivity index (χ1v) is 5.84. The van der Waals surface area contributed by atoms with Crippen LogP contribution < -0.4 is 4.72 Å². The van der Waals surface area contributed by atoms with Gasteiger partial charge in [0.25, 0.3) is 0 Å². The first-order valence-electron chi connectivity index (χ1n) is 3.78. The Kier molecular flexibility index (Phi) is 3.05. The van der Waals surface area contributed by atoms with Crippen LogP contribution in [-0.2, 0) is 0 Å². The van der Waals surface area contributed by atoms with Gasteiger partial charge in [0.15, 0.2) is 0 Å². The van der Waals surface area contributed by atoms with E-state index >= 15 is 0 Å². The maximum atomic E-state index is 4.34. The highest BCUT2D eigenvalue weighted by molar-refractivity contribution is 9.10. The van der Waals surface area contributed by atoms with Gasteiger partial charge in [0.05, 0.1) is 0 Å². The number of nitrogens with one attached hydrogen (secondary N) is 1. The Hall–Kier alpha value is -0.590. The van der Waals surface area contributed by atoms with E-state index in [1.54, 1.807) is 12.4 Å². The van der Waals surface area contributed by atoms with E-state index in [1.807, 2.05) is 12.1 Å². The molecule has 2 rings (SSSR count). The zero-order valence-corrected chi connectivity index (χ0v) is 10.2. The molecule has 0 saturated carbocycles. The van der Waals surface area contributed by atoms with Crippen LogP contribution in [0.1, 0.15) is 0 Å². The van der Waals surface area contributed by atoms with Crippen LogP contribution in [0.3, 0.4) is 0 Å². The van der Waals surface area contributed by atoms with Crippen LogP contribution in [0.2, 0.25) is 0 Å². The van der Waals surface area contributed by atoms with Gasteiger partial charge in [0, 0.05) is 18.0 Å². The molecule has 14 heavy (non-hydrogen) atoms. The Bertz CT molecular complexity index is 429. The third-order valence-electron chi connectivity index (χ3n) is 1.60. The van der Waals surface area contributed by atoms with Crippen LogP contribution in [0, 0.1) is 0 Å². The molecule has 0 aliphatic heterocycles. The molecule has 2 aromatic rings. The fourth-order valence-electron chi connectivity index (χ4n) is 0.983. The molecule has 0 radical (unpaired) electrons. The zero-order chi connectivity index (χ0) is 9.97. The number of thiazole rings is 1. The van der Waals surface area contributed by atoms with E-state index in [2.05, 4.69) is 43.4 Å². The van der Waals surface area contributed by atoms with E-state index in [-0.39, 0.29) is 0 Å². The lowest BCUT2D eigenvalue weighted by atomic mass is 10.3. The number of anilines is 1. The molecule has 72 valence electrons. The van der Waals surface area contributed by atoms with Crippen LogP contribution in [-0.4, -0.2) is 9.97 Å². The van der Waals surface area contributed by atoms with E-state index in [1.165, 1.54) is 11.3 Å². The molecule has 6 heteroatoms. The molecule has 0 bridgehead atoms. The quantitative estimate of drug-likeness (QED) is 0.833. The molecule has 3 nitrogen and oxygen atoms in total. The normalized spacial score (nSPS) is 10.1. The van der Waals surface area contributed by atoms with Crippen LogP contribution >= 0.6 is 40.1 Å². The van der Waals surface area contributed by atoms with Gasteiger partial charge < -0.3 is 4.72 Å². The SMILES string of the molecule is SNc1sc(-c2cccnc2)nc1Br. The number of nitrogens with zero attached hydrogens (tertiary/aromatic N) is 2. The van der Waals surface area contributed by atoms with Gasteiger partial charge in [-0.3, -0.25) is 4.98 Å². The predicted octanol–water partition coefficient (Wildman–Crippen LogP) is 3.22. The van der Waals surface area contributed by atoms with E-state index in [0.29, 0.717) is 0 Å². The topological polar surface area (TPSA) is 37.8 Å². The lowest BCUT2D eigenvalue weighted by Gasteiger charge is -1.91. The van der Waals surface area contributed by atoms with Crippen molar-refractivity contribution in [3.63, 3.8) is 0 Å². The number of thiol groups is 1. The molecular weight excluding hydrogens is 282 g/mol. The third kappa shape index (κ3) is 1.92. The maximum absolute atomic E-state index is 4.34. The lowest BCUT2D eigenvalue weighted by molar-refractivity contribution is 1.30. The standard InChI is InChI=1S/C8H6BrN3S2/c9-6-8(12-13)14-7(11-6)5-2-1-3-10-4-5/h1-4,12-13H. The van der Waals surface area contributed by atoms with Gasteiger partial charge >= 0.3 is 0 Å². The second kappa shape index (κ2) is 4.29. The molecule has 0 saturated heterocycles. The molecule has 0 unspecified atom stereocenters. The molecule has 0 spiro atoms. The second-order valence-electron chi connectivity index (χ2n) is 2.49. The Balaban J connectivity index is 2.43. The van der Waals surface area contributed by atoms with Gasteiger partial charge in [-0.25, -0.2) is 4.98 Å². The van der Waals surface area contributed by atoms with Crippen molar-refractivity contribution < 1.29 is 0 Å². The van der Waals surface area contributed by atoms with Gasteiger partial charge in [-0.15, -0.1) is 0 Å². The summed E-state index contributed by atoms with van der Waals surface area (Å²) in [6, 6.07) is 3.86. The zero-order valence-electron chi connectivity index (χ0n) is 6.94. The van der Waals surface area contributed by atoms with Crippen molar-refractivity contribution in [2.45, 2.75) is 0 Å². The molecule has 1 N–H and O–H groups in total. The summed E-state index contributed by atoms with van der Waals surface area (Å²) in [5.41, 5.74) is 1.01. The number of aromatic nitrogens is 2. The highest BCUT2D eigenvalue weighted by atomic mass is 79.9. The third-order valence-corrected chi connectivity index (χ3v) is 3.83. The minimum Gasteiger partial charge on any atom is -0.322 e. The average molecular weight is 288 g/mol. The molecule has 0 aromatic carbocycles. The summed E-state index contributed by atoms with van der Waals surface area (Å²) < 4.78 is 3.54. The first kappa shape index (κ1) is 9.95. The summed E-state index contributed by atoms with van der Waals surface area (Å²) in [6.45, 7) is 0. The van der Waals surface area contributed by atoms with E-state index in [4.69, 9.17) is 0 Å². The Morgan fingerprint density at radius 2 is 2.36 bits per heavy atom. The van der Waals surface area contributed by atoms with E-state index in [9.17, 15) is 0 Å². The lowest BCUT2D eigenvalue weighted by Crippen LogP contribution is -1.76. The van der Waals surface area contributed by atoms with E-state index in [0.717, 1.165) is 20.2 Å². The van der Waals surface area contributed by atoms with Crippen molar-refractivity contribution >= 4 is 45.1 Å². The highest BCUT2D eigenvalue weighted by Crippen LogP contribution is 2.34. The van der Waals surface area contributed by atoms with Crippen LogP contribution in [0.4, 0.5) is 5.00 Å². The fraction of sp³-hybridized carbons (Fsp3) is 0. The van der Waals surface area contributed by atoms with Crippen LogP contribution in [0.5, 0.6) is 0 Å². The number of rotatable bonds is 2. The Labute approximate surface area is 99.3 Å². The van der Waals surface area contributed by atoms with Crippen molar-refractivity contribution in [1.29, 1.82) is 0 Å². The molecular formula is C8H6BrN3S2. The van der Waals surface area contributed by atoms with Crippen LogP contribution in [0.15, 0.2) is 29.1 Å². The predicted molar refractivity (Wildman–Crippen MR) is 65.7 cm³/mol. The maximum Gasteiger partial charge on any atom is 0.142 e. The number of hydrogen-bond donors (Lipinski definition) is 2. The average Bonchev–Trinajstić information content (AvgIpc) is 2.61. The Morgan fingerprint density at radius 3 is 2.93 bits per heavy atom. The van der Waals surface area contributed by atoms with Crippen LogP contribution in [0.25, 0.3) is 10.6 Å². The number of halogens is 1. The molecule has 0 aliphatic carbocycles. The molecule has 0 fully saturated rings. The monoisotopic (exact) mass is 287 g/mol. The number of hydrogen-bond acceptors (Lipinski definition) is 5. The fourth-order valence-corrected chi connectivity index (χ4v) is 2.76. The summed E-state index contributed by atoms with van der Waals surface area (Å²) in [4.78, 5) is 8.37. The van der Waals surface area contributed by atoms with Crippen molar-refractivity contribution in [2.75, 3.05) is 4.72 Å². The summed E-state index contributed by atoms with van der Waals surface area (Å²) in [6.07, 6.45) is 3.53. The molecule has 2 aromatic heterocycles. The van der Waals surface area contributed by atoms with Crippen molar-refractivity contribution in [3.8, 4) is 10.6 Å².